The van der Waals surface area contributed by atoms with Crippen LogP contribution in [0, 0.1) is 0 Å². The summed E-state index contributed by atoms with van der Waals surface area (Å²) >= 11 is 0. The maximum Gasteiger partial charge on any atom is 0.171 e. The van der Waals surface area contributed by atoms with Crippen molar-refractivity contribution in [3.8, 4) is 11.5 Å². The molecule has 0 bridgehead atoms. The number of unbranched alkanes of at least 4 members (excludes halogenated alkanes) is 1. The first-order valence-electron chi connectivity index (χ1n) is 10.1. The lowest BCUT2D eigenvalue weighted by molar-refractivity contribution is 0.237. The lowest BCUT2D eigenvalue weighted by atomic mass is 10.2. The van der Waals surface area contributed by atoms with Gasteiger partial charge in [0.05, 0.1) is 13.7 Å². The number of nitrogens with two attached hydrogens (primary N) is 1. The number of rotatable bonds is 9. The third-order valence-corrected chi connectivity index (χ3v) is 5.11. The Bertz CT molecular complexity index is 804. The van der Waals surface area contributed by atoms with Gasteiger partial charge < -0.3 is 20.1 Å². The van der Waals surface area contributed by atoms with E-state index in [0.29, 0.717) is 12.3 Å². The largest absolute Gasteiger partial charge is 0.494 e. The first-order chi connectivity index (χ1) is 14.2. The van der Waals surface area contributed by atoms with E-state index in [2.05, 4.69) is 19.8 Å². The second-order valence-electron chi connectivity index (χ2n) is 7.09. The molecule has 0 atom stereocenters. The van der Waals surface area contributed by atoms with E-state index in [1.54, 1.807) is 20.4 Å². The van der Waals surface area contributed by atoms with Gasteiger partial charge in [-0.3, -0.25) is 9.89 Å². The summed E-state index contributed by atoms with van der Waals surface area (Å²) in [6, 6.07) is 9.62. The molecule has 1 saturated heterocycles. The molecule has 0 saturated carbocycles. The number of anilines is 2. The Morgan fingerprint density at radius 2 is 2.00 bits per heavy atom. The van der Waals surface area contributed by atoms with E-state index in [-0.39, 0.29) is 0 Å². The molecule has 0 unspecified atom stereocenters. The average Bonchev–Trinajstić information content (AvgIpc) is 2.76. The lowest BCUT2D eigenvalue weighted by Gasteiger charge is -2.35. The number of piperazine rings is 1. The Morgan fingerprint density at radius 3 is 2.72 bits per heavy atom. The van der Waals surface area contributed by atoms with E-state index < -0.39 is 0 Å². The second kappa shape index (κ2) is 10.7. The van der Waals surface area contributed by atoms with Gasteiger partial charge in [0.15, 0.2) is 11.6 Å². The molecule has 0 amide bonds. The number of benzene rings is 1. The lowest BCUT2D eigenvalue weighted by Crippen LogP contribution is -2.47. The number of aromatic nitrogens is 1. The molecule has 1 aromatic heterocycles. The predicted octanol–water partition coefficient (Wildman–Crippen LogP) is 2.70. The smallest absolute Gasteiger partial charge is 0.171 e. The van der Waals surface area contributed by atoms with E-state index in [4.69, 9.17) is 15.2 Å². The van der Waals surface area contributed by atoms with Crippen LogP contribution in [0.1, 0.15) is 18.4 Å². The van der Waals surface area contributed by atoms with Crippen LogP contribution in [0.15, 0.2) is 41.5 Å². The molecule has 1 aromatic carbocycles. The normalized spacial score (nSPS) is 15.0. The van der Waals surface area contributed by atoms with Crippen molar-refractivity contribution < 1.29 is 9.47 Å². The van der Waals surface area contributed by atoms with Gasteiger partial charge in [0.1, 0.15) is 5.75 Å². The molecule has 0 radical (unpaired) electrons. The maximum atomic E-state index is 6.01. The Hall–Kier alpha value is -2.80. The summed E-state index contributed by atoms with van der Waals surface area (Å²) in [6.07, 6.45) is 5.71. The van der Waals surface area contributed by atoms with Crippen molar-refractivity contribution in [2.24, 2.45) is 4.99 Å². The molecular formula is C22H31N5O2. The summed E-state index contributed by atoms with van der Waals surface area (Å²) in [5.41, 5.74) is 7.62. The van der Waals surface area contributed by atoms with Crippen LogP contribution < -0.4 is 20.1 Å². The zero-order chi connectivity index (χ0) is 20.5. The van der Waals surface area contributed by atoms with Crippen LogP contribution in [-0.2, 0) is 0 Å². The SMILES string of the molecule is CN=Cc1ccc(OCCCCN2CCN(c3ncccc3OC)CC2)cc1N. The van der Waals surface area contributed by atoms with Crippen molar-refractivity contribution in [2.45, 2.75) is 12.8 Å². The molecule has 2 heterocycles. The summed E-state index contributed by atoms with van der Waals surface area (Å²) in [7, 11) is 3.43. The van der Waals surface area contributed by atoms with E-state index in [0.717, 1.165) is 68.4 Å². The van der Waals surface area contributed by atoms with Crippen LogP contribution in [0.2, 0.25) is 0 Å². The van der Waals surface area contributed by atoms with Gasteiger partial charge in [0.2, 0.25) is 0 Å². The average molecular weight is 398 g/mol. The molecule has 7 heteroatoms. The van der Waals surface area contributed by atoms with Gasteiger partial charge in [0, 0.05) is 63.0 Å². The Labute approximate surface area is 173 Å². The fourth-order valence-corrected chi connectivity index (χ4v) is 3.49. The highest BCUT2D eigenvalue weighted by molar-refractivity contribution is 5.87. The zero-order valence-electron chi connectivity index (χ0n) is 17.4. The second-order valence-corrected chi connectivity index (χ2v) is 7.09. The van der Waals surface area contributed by atoms with E-state index in [1.807, 2.05) is 36.5 Å². The molecule has 2 aromatic rings. The number of nitrogens with zero attached hydrogens (tertiary/aromatic N) is 4. The fourth-order valence-electron chi connectivity index (χ4n) is 3.49. The molecule has 1 aliphatic rings. The van der Waals surface area contributed by atoms with Crippen LogP contribution >= 0.6 is 0 Å². The van der Waals surface area contributed by atoms with E-state index >= 15 is 0 Å². The van der Waals surface area contributed by atoms with Gasteiger partial charge in [-0.15, -0.1) is 0 Å². The molecule has 0 aliphatic carbocycles. The highest BCUT2D eigenvalue weighted by Gasteiger charge is 2.20. The highest BCUT2D eigenvalue weighted by Crippen LogP contribution is 2.25. The van der Waals surface area contributed by atoms with Gasteiger partial charge in [-0.25, -0.2) is 4.98 Å². The van der Waals surface area contributed by atoms with Gasteiger partial charge in [0.25, 0.3) is 0 Å². The number of hydrogen-bond donors (Lipinski definition) is 1. The van der Waals surface area contributed by atoms with Crippen LogP contribution in [0.3, 0.4) is 0 Å². The van der Waals surface area contributed by atoms with Crippen molar-refractivity contribution in [1.82, 2.24) is 9.88 Å². The molecule has 1 fully saturated rings. The van der Waals surface area contributed by atoms with Crippen molar-refractivity contribution in [1.29, 1.82) is 0 Å². The quantitative estimate of drug-likeness (QED) is 0.398. The number of ether oxygens (including phenoxy) is 2. The molecule has 2 N–H and O–H groups in total. The van der Waals surface area contributed by atoms with E-state index in [1.165, 1.54) is 0 Å². The standard InChI is InChI=1S/C22H31N5O2/c1-24-17-18-7-8-19(16-20(18)23)29-15-4-3-10-26-11-13-27(14-12-26)22-21(28-2)6-5-9-25-22/h5-9,16-17H,3-4,10-15,23H2,1-2H3. The minimum Gasteiger partial charge on any atom is -0.494 e. The van der Waals surface area contributed by atoms with Crippen molar-refractivity contribution >= 4 is 17.7 Å². The van der Waals surface area contributed by atoms with Gasteiger partial charge >= 0.3 is 0 Å². The summed E-state index contributed by atoms with van der Waals surface area (Å²) in [5.74, 6) is 2.60. The molecule has 1 aliphatic heterocycles. The monoisotopic (exact) mass is 397 g/mol. The zero-order valence-corrected chi connectivity index (χ0v) is 17.4. The number of hydrogen-bond acceptors (Lipinski definition) is 7. The van der Waals surface area contributed by atoms with Crippen molar-refractivity contribution in [3.63, 3.8) is 0 Å². The van der Waals surface area contributed by atoms with Gasteiger partial charge in [-0.1, -0.05) is 0 Å². The number of nitrogen functional groups attached to an aromatic ring is 1. The number of pyridine rings is 1. The van der Waals surface area contributed by atoms with Crippen molar-refractivity contribution in [2.75, 3.05) is 64.1 Å². The molecule has 29 heavy (non-hydrogen) atoms. The molecule has 0 spiro atoms. The number of methoxy groups -OCH3 is 1. The van der Waals surface area contributed by atoms with Crippen LogP contribution in [0.4, 0.5) is 11.5 Å². The fraction of sp³-hybridized carbons (Fsp3) is 0.455. The Kier molecular flexibility index (Phi) is 7.69. The summed E-state index contributed by atoms with van der Waals surface area (Å²) in [4.78, 5) is 13.3. The summed E-state index contributed by atoms with van der Waals surface area (Å²) in [6.45, 7) is 5.80. The Morgan fingerprint density at radius 1 is 1.17 bits per heavy atom. The Balaban J connectivity index is 1.34. The maximum absolute atomic E-state index is 6.01. The third kappa shape index (κ3) is 5.84. The van der Waals surface area contributed by atoms with Crippen LogP contribution in [0.25, 0.3) is 0 Å². The molecule has 7 nitrogen and oxygen atoms in total. The predicted molar refractivity (Wildman–Crippen MR) is 119 cm³/mol. The molecular weight excluding hydrogens is 366 g/mol. The summed E-state index contributed by atoms with van der Waals surface area (Å²) < 4.78 is 11.3. The van der Waals surface area contributed by atoms with E-state index in [9.17, 15) is 0 Å². The van der Waals surface area contributed by atoms with Crippen LogP contribution in [-0.4, -0.2) is 69.6 Å². The summed E-state index contributed by atoms with van der Waals surface area (Å²) in [5, 5.41) is 0. The molecule has 3 rings (SSSR count). The highest BCUT2D eigenvalue weighted by atomic mass is 16.5. The first-order valence-corrected chi connectivity index (χ1v) is 10.1. The number of aliphatic imine (C=N–C) groups is 1. The van der Waals surface area contributed by atoms with Gasteiger partial charge in [-0.2, -0.15) is 0 Å². The first kappa shape index (κ1) is 20.9. The topological polar surface area (TPSA) is 76.2 Å². The minimum atomic E-state index is 0.690. The minimum absolute atomic E-state index is 0.690. The van der Waals surface area contributed by atoms with Gasteiger partial charge in [-0.05, 0) is 43.7 Å². The molecule has 156 valence electrons. The van der Waals surface area contributed by atoms with Crippen LogP contribution in [0.5, 0.6) is 11.5 Å². The van der Waals surface area contributed by atoms with Crippen molar-refractivity contribution in [3.05, 3.63) is 42.1 Å². The third-order valence-electron chi connectivity index (χ3n) is 5.11.